The lowest BCUT2D eigenvalue weighted by Crippen LogP contribution is -2.23. The first-order chi connectivity index (χ1) is 8.65. The molecule has 0 amide bonds. The lowest BCUT2D eigenvalue weighted by molar-refractivity contribution is 0.691. The van der Waals surface area contributed by atoms with Crippen molar-refractivity contribution in [3.8, 4) is 0 Å². The fourth-order valence-electron chi connectivity index (χ4n) is 1.71. The number of thiophene rings is 1. The summed E-state index contributed by atoms with van der Waals surface area (Å²) in [6.45, 7) is 0.327. The Bertz CT molecular complexity index is 773. The first-order valence-corrected chi connectivity index (χ1v) is 6.52. The SMILES string of the molecule is Cn1ccn(Cc2nc(Cl)c3ccsc3n2)c1=O. The van der Waals surface area contributed by atoms with Crippen molar-refractivity contribution >= 4 is 33.2 Å². The molecule has 3 rings (SSSR count). The van der Waals surface area contributed by atoms with E-state index in [4.69, 9.17) is 11.6 Å². The van der Waals surface area contributed by atoms with Crippen LogP contribution in [-0.2, 0) is 13.6 Å². The van der Waals surface area contributed by atoms with Gasteiger partial charge in [0.1, 0.15) is 9.98 Å². The van der Waals surface area contributed by atoms with E-state index in [2.05, 4.69) is 9.97 Å². The Hall–Kier alpha value is -1.66. The molecule has 3 aromatic rings. The zero-order chi connectivity index (χ0) is 12.7. The maximum absolute atomic E-state index is 11.7. The monoisotopic (exact) mass is 280 g/mol. The third kappa shape index (κ3) is 1.83. The third-order valence-electron chi connectivity index (χ3n) is 2.65. The van der Waals surface area contributed by atoms with E-state index in [1.807, 2.05) is 11.4 Å². The van der Waals surface area contributed by atoms with E-state index in [9.17, 15) is 4.79 Å². The van der Waals surface area contributed by atoms with Crippen LogP contribution in [0.3, 0.4) is 0 Å². The molecule has 0 saturated heterocycles. The van der Waals surface area contributed by atoms with Crippen LogP contribution in [0.25, 0.3) is 10.2 Å². The molecule has 18 heavy (non-hydrogen) atoms. The Kier molecular flexibility index (Phi) is 2.68. The van der Waals surface area contributed by atoms with E-state index >= 15 is 0 Å². The minimum atomic E-state index is -0.0963. The number of imidazole rings is 1. The molecular weight excluding hydrogens is 272 g/mol. The van der Waals surface area contributed by atoms with Gasteiger partial charge in [-0.25, -0.2) is 14.8 Å². The molecule has 0 aliphatic rings. The molecule has 0 atom stereocenters. The summed E-state index contributed by atoms with van der Waals surface area (Å²) < 4.78 is 3.05. The van der Waals surface area contributed by atoms with Gasteiger partial charge in [-0.05, 0) is 11.4 Å². The highest BCUT2D eigenvalue weighted by Crippen LogP contribution is 2.24. The lowest BCUT2D eigenvalue weighted by Gasteiger charge is -2.01. The van der Waals surface area contributed by atoms with Crippen molar-refractivity contribution in [2.24, 2.45) is 7.05 Å². The van der Waals surface area contributed by atoms with Gasteiger partial charge in [0.05, 0.1) is 6.54 Å². The van der Waals surface area contributed by atoms with Gasteiger partial charge < -0.3 is 4.57 Å². The van der Waals surface area contributed by atoms with E-state index < -0.39 is 0 Å². The third-order valence-corrected chi connectivity index (χ3v) is 3.75. The molecule has 0 fully saturated rings. The summed E-state index contributed by atoms with van der Waals surface area (Å²) >= 11 is 7.59. The quantitative estimate of drug-likeness (QED) is 0.674. The molecule has 0 aliphatic heterocycles. The normalized spacial score (nSPS) is 11.2. The van der Waals surface area contributed by atoms with Gasteiger partial charge in [0.15, 0.2) is 5.82 Å². The van der Waals surface area contributed by atoms with Crippen molar-refractivity contribution in [3.05, 3.63) is 45.3 Å². The Labute approximate surface area is 111 Å². The van der Waals surface area contributed by atoms with Crippen LogP contribution in [0.4, 0.5) is 0 Å². The number of fused-ring (bicyclic) bond motifs is 1. The first kappa shape index (κ1) is 11.4. The van der Waals surface area contributed by atoms with Crippen LogP contribution in [0.5, 0.6) is 0 Å². The minimum Gasteiger partial charge on any atom is -0.302 e. The Morgan fingerprint density at radius 2 is 2.22 bits per heavy atom. The molecule has 7 heteroatoms. The Morgan fingerprint density at radius 3 is 2.94 bits per heavy atom. The average molecular weight is 281 g/mol. The number of aryl methyl sites for hydroxylation is 1. The zero-order valence-corrected chi connectivity index (χ0v) is 11.1. The molecule has 0 saturated carbocycles. The standard InChI is InChI=1S/C11H9ClN4OS/c1-15-3-4-16(11(15)17)6-8-13-9(12)7-2-5-18-10(7)14-8/h2-5H,6H2,1H3. The summed E-state index contributed by atoms with van der Waals surface area (Å²) in [6.07, 6.45) is 3.41. The fourth-order valence-corrected chi connectivity index (χ4v) is 2.80. The number of aromatic nitrogens is 4. The van der Waals surface area contributed by atoms with Gasteiger partial charge >= 0.3 is 5.69 Å². The molecule has 5 nitrogen and oxygen atoms in total. The van der Waals surface area contributed by atoms with E-state index in [0.29, 0.717) is 17.5 Å². The first-order valence-electron chi connectivity index (χ1n) is 5.26. The van der Waals surface area contributed by atoms with Crippen molar-refractivity contribution in [2.45, 2.75) is 6.54 Å². The lowest BCUT2D eigenvalue weighted by atomic mass is 10.4. The molecule has 0 unspecified atom stereocenters. The average Bonchev–Trinajstić information content (AvgIpc) is 2.91. The fraction of sp³-hybridized carbons (Fsp3) is 0.182. The van der Waals surface area contributed by atoms with Crippen LogP contribution >= 0.6 is 22.9 Å². The van der Waals surface area contributed by atoms with Crippen LogP contribution in [0.15, 0.2) is 28.6 Å². The number of hydrogen-bond donors (Lipinski definition) is 0. The van der Waals surface area contributed by atoms with Gasteiger partial charge in [0.25, 0.3) is 0 Å². The van der Waals surface area contributed by atoms with Crippen LogP contribution in [0, 0.1) is 0 Å². The van der Waals surface area contributed by atoms with E-state index in [1.54, 1.807) is 24.0 Å². The van der Waals surface area contributed by atoms with Crippen LogP contribution < -0.4 is 5.69 Å². The Morgan fingerprint density at radius 1 is 1.39 bits per heavy atom. The summed E-state index contributed by atoms with van der Waals surface area (Å²) in [5.41, 5.74) is -0.0963. The van der Waals surface area contributed by atoms with Gasteiger partial charge in [0.2, 0.25) is 0 Å². The van der Waals surface area contributed by atoms with Gasteiger partial charge in [-0.3, -0.25) is 4.57 Å². The summed E-state index contributed by atoms with van der Waals surface area (Å²) in [7, 11) is 1.70. The molecule has 0 radical (unpaired) electrons. The predicted octanol–water partition coefficient (Wildman–Crippen LogP) is 1.89. The Balaban J connectivity index is 2.05. The number of nitrogens with zero attached hydrogens (tertiary/aromatic N) is 4. The van der Waals surface area contributed by atoms with E-state index in [-0.39, 0.29) is 5.69 Å². The second kappa shape index (κ2) is 4.22. The minimum absolute atomic E-state index is 0.0963. The van der Waals surface area contributed by atoms with Gasteiger partial charge in [-0.15, -0.1) is 11.3 Å². The maximum atomic E-state index is 11.7. The second-order valence-corrected chi connectivity index (χ2v) is 5.14. The summed E-state index contributed by atoms with van der Waals surface area (Å²) in [5, 5.41) is 3.20. The zero-order valence-electron chi connectivity index (χ0n) is 9.50. The molecule has 0 N–H and O–H groups in total. The smallest absolute Gasteiger partial charge is 0.302 e. The summed E-state index contributed by atoms with van der Waals surface area (Å²) in [4.78, 5) is 21.2. The van der Waals surface area contributed by atoms with Gasteiger partial charge in [0, 0.05) is 24.8 Å². The van der Waals surface area contributed by atoms with Crippen molar-refractivity contribution in [1.82, 2.24) is 19.1 Å². The predicted molar refractivity (Wildman–Crippen MR) is 71.2 cm³/mol. The maximum Gasteiger partial charge on any atom is 0.328 e. The topological polar surface area (TPSA) is 52.7 Å². The number of rotatable bonds is 2. The highest BCUT2D eigenvalue weighted by molar-refractivity contribution is 7.16. The molecule has 0 aliphatic carbocycles. The molecule has 3 aromatic heterocycles. The van der Waals surface area contributed by atoms with E-state index in [1.165, 1.54) is 15.9 Å². The van der Waals surface area contributed by atoms with Crippen molar-refractivity contribution in [2.75, 3.05) is 0 Å². The molecular formula is C11H9ClN4OS. The highest BCUT2D eigenvalue weighted by Gasteiger charge is 2.09. The molecule has 92 valence electrons. The summed E-state index contributed by atoms with van der Waals surface area (Å²) in [5.74, 6) is 0.545. The van der Waals surface area contributed by atoms with Crippen molar-refractivity contribution < 1.29 is 0 Å². The number of hydrogen-bond acceptors (Lipinski definition) is 4. The van der Waals surface area contributed by atoms with Gasteiger partial charge in [-0.1, -0.05) is 11.6 Å². The van der Waals surface area contributed by atoms with Crippen molar-refractivity contribution in [3.63, 3.8) is 0 Å². The molecule has 0 spiro atoms. The molecule has 3 heterocycles. The van der Waals surface area contributed by atoms with Crippen LogP contribution in [0.1, 0.15) is 5.82 Å². The summed E-state index contributed by atoms with van der Waals surface area (Å²) in [6, 6.07) is 1.89. The van der Waals surface area contributed by atoms with Crippen LogP contribution in [0.2, 0.25) is 5.15 Å². The molecule has 0 aromatic carbocycles. The second-order valence-electron chi connectivity index (χ2n) is 3.89. The highest BCUT2D eigenvalue weighted by atomic mass is 35.5. The van der Waals surface area contributed by atoms with Gasteiger partial charge in [-0.2, -0.15) is 0 Å². The van der Waals surface area contributed by atoms with E-state index in [0.717, 1.165) is 10.2 Å². The van der Waals surface area contributed by atoms with Crippen LogP contribution in [-0.4, -0.2) is 19.1 Å². The largest absolute Gasteiger partial charge is 0.328 e. The van der Waals surface area contributed by atoms with Crippen molar-refractivity contribution in [1.29, 1.82) is 0 Å². The number of halogens is 1. The molecule has 0 bridgehead atoms.